The predicted octanol–water partition coefficient (Wildman–Crippen LogP) is 3.38. The van der Waals surface area contributed by atoms with Crippen molar-refractivity contribution in [2.75, 3.05) is 40.0 Å². The van der Waals surface area contributed by atoms with E-state index in [0.717, 1.165) is 56.6 Å². The van der Waals surface area contributed by atoms with E-state index < -0.39 is 0 Å². The molecule has 1 aromatic heterocycles. The molecule has 0 amide bonds. The van der Waals surface area contributed by atoms with Gasteiger partial charge in [0.2, 0.25) is 0 Å². The molecule has 0 spiro atoms. The third kappa shape index (κ3) is 6.53. The van der Waals surface area contributed by atoms with Crippen LogP contribution in [0.15, 0.2) is 52.1 Å². The number of aliphatic imine (C=N–C) groups is 1. The van der Waals surface area contributed by atoms with E-state index in [1.165, 1.54) is 5.56 Å². The van der Waals surface area contributed by atoms with Gasteiger partial charge < -0.3 is 24.5 Å². The zero-order valence-corrected chi connectivity index (χ0v) is 17.7. The summed E-state index contributed by atoms with van der Waals surface area (Å²) in [4.78, 5) is 4.89. The zero-order valence-electron chi connectivity index (χ0n) is 17.7. The molecule has 1 aromatic carbocycles. The topological polar surface area (TPSA) is 68.0 Å². The van der Waals surface area contributed by atoms with Crippen molar-refractivity contribution in [3.63, 3.8) is 0 Å². The molecule has 6 heteroatoms. The Labute approximate surface area is 173 Å². The Morgan fingerprint density at radius 1 is 1.24 bits per heavy atom. The lowest BCUT2D eigenvalue weighted by Gasteiger charge is -2.24. The highest BCUT2D eigenvalue weighted by Crippen LogP contribution is 2.26. The molecule has 6 nitrogen and oxygen atoms in total. The molecule has 0 bridgehead atoms. The second kappa shape index (κ2) is 10.3. The summed E-state index contributed by atoms with van der Waals surface area (Å²) < 4.78 is 16.3. The van der Waals surface area contributed by atoms with Crippen molar-refractivity contribution in [3.05, 3.63) is 54.0 Å². The average Bonchev–Trinajstić information content (AvgIpc) is 3.44. The number of rotatable bonds is 9. The minimum atomic E-state index is -0.110. The highest BCUT2D eigenvalue weighted by molar-refractivity contribution is 5.79. The quantitative estimate of drug-likeness (QED) is 0.500. The van der Waals surface area contributed by atoms with E-state index >= 15 is 0 Å². The van der Waals surface area contributed by atoms with Crippen LogP contribution in [0, 0.1) is 5.92 Å². The summed E-state index contributed by atoms with van der Waals surface area (Å²) in [7, 11) is 1.70. The lowest BCUT2D eigenvalue weighted by atomic mass is 9.85. The minimum Gasteiger partial charge on any atom is -0.497 e. The van der Waals surface area contributed by atoms with Gasteiger partial charge in [0.15, 0.2) is 5.96 Å². The number of guanidine groups is 1. The van der Waals surface area contributed by atoms with Gasteiger partial charge in [0, 0.05) is 37.5 Å². The Balaban J connectivity index is 1.62. The zero-order chi connectivity index (χ0) is 20.5. The van der Waals surface area contributed by atoms with Crippen LogP contribution in [0.3, 0.4) is 0 Å². The molecule has 1 fully saturated rings. The van der Waals surface area contributed by atoms with Crippen molar-refractivity contribution in [3.8, 4) is 5.75 Å². The van der Waals surface area contributed by atoms with E-state index in [4.69, 9.17) is 18.9 Å². The van der Waals surface area contributed by atoms with E-state index in [1.54, 1.807) is 13.4 Å². The monoisotopic (exact) mass is 399 g/mol. The molecule has 0 saturated carbocycles. The molecule has 1 unspecified atom stereocenters. The molecule has 1 saturated heterocycles. The largest absolute Gasteiger partial charge is 0.497 e. The van der Waals surface area contributed by atoms with Crippen LogP contribution in [0.25, 0.3) is 0 Å². The summed E-state index contributed by atoms with van der Waals surface area (Å²) in [5, 5.41) is 6.93. The second-order valence-electron chi connectivity index (χ2n) is 8.15. The Morgan fingerprint density at radius 3 is 2.86 bits per heavy atom. The first kappa shape index (κ1) is 21.2. The number of nitrogens with zero attached hydrogens (tertiary/aromatic N) is 1. The molecule has 1 atom stereocenters. The first-order chi connectivity index (χ1) is 14.1. The first-order valence-electron chi connectivity index (χ1n) is 10.3. The summed E-state index contributed by atoms with van der Waals surface area (Å²) >= 11 is 0. The maximum Gasteiger partial charge on any atom is 0.191 e. The van der Waals surface area contributed by atoms with E-state index in [0.29, 0.717) is 12.5 Å². The van der Waals surface area contributed by atoms with Crippen molar-refractivity contribution in [1.29, 1.82) is 0 Å². The van der Waals surface area contributed by atoms with Crippen LogP contribution >= 0.6 is 0 Å². The molecule has 29 heavy (non-hydrogen) atoms. The molecule has 1 aliphatic heterocycles. The fourth-order valence-corrected chi connectivity index (χ4v) is 3.33. The minimum absolute atomic E-state index is 0.110. The SMILES string of the molecule is COc1cccc(C(C)(C)CN=C(NCCc2ccco2)NCC2CCOC2)c1. The smallest absolute Gasteiger partial charge is 0.191 e. The molecule has 0 radical (unpaired) electrons. The number of ether oxygens (including phenoxy) is 2. The standard InChI is InChI=1S/C23H33N3O3/c1-23(2,19-6-4-7-21(14-19)27-3)17-26-22(25-15-18-10-13-28-16-18)24-11-9-20-8-5-12-29-20/h4-8,12,14,18H,9-11,13,15-17H2,1-3H3,(H2,24,25,26). The summed E-state index contributed by atoms with van der Waals surface area (Å²) in [6.45, 7) is 8.38. The van der Waals surface area contributed by atoms with Gasteiger partial charge in [-0.2, -0.15) is 0 Å². The summed E-state index contributed by atoms with van der Waals surface area (Å²) in [6.07, 6.45) is 3.63. The number of furan rings is 1. The molecule has 0 aliphatic carbocycles. The number of methoxy groups -OCH3 is 1. The van der Waals surface area contributed by atoms with Gasteiger partial charge in [0.05, 0.1) is 26.5 Å². The van der Waals surface area contributed by atoms with Crippen molar-refractivity contribution in [2.24, 2.45) is 10.9 Å². The van der Waals surface area contributed by atoms with Gasteiger partial charge in [-0.1, -0.05) is 26.0 Å². The maximum absolute atomic E-state index is 5.49. The van der Waals surface area contributed by atoms with Crippen molar-refractivity contribution >= 4 is 5.96 Å². The lowest BCUT2D eigenvalue weighted by Crippen LogP contribution is -2.41. The average molecular weight is 400 g/mol. The predicted molar refractivity (Wildman–Crippen MR) is 116 cm³/mol. The number of benzene rings is 1. The van der Waals surface area contributed by atoms with E-state index in [9.17, 15) is 0 Å². The fraction of sp³-hybridized carbons (Fsp3) is 0.522. The van der Waals surface area contributed by atoms with Gasteiger partial charge in [-0.15, -0.1) is 0 Å². The van der Waals surface area contributed by atoms with Crippen molar-refractivity contribution < 1.29 is 13.9 Å². The van der Waals surface area contributed by atoms with E-state index in [1.807, 2.05) is 24.3 Å². The fourth-order valence-electron chi connectivity index (χ4n) is 3.33. The Morgan fingerprint density at radius 2 is 2.14 bits per heavy atom. The third-order valence-electron chi connectivity index (χ3n) is 5.31. The summed E-state index contributed by atoms with van der Waals surface area (Å²) in [6, 6.07) is 12.1. The van der Waals surface area contributed by atoms with Crippen molar-refractivity contribution in [2.45, 2.75) is 32.1 Å². The molecule has 2 aromatic rings. The maximum atomic E-state index is 5.49. The molecule has 1 aliphatic rings. The van der Waals surface area contributed by atoms with Crippen LogP contribution in [-0.4, -0.2) is 45.9 Å². The van der Waals surface area contributed by atoms with E-state index in [2.05, 4.69) is 36.6 Å². The van der Waals surface area contributed by atoms with Crippen LogP contribution in [0.2, 0.25) is 0 Å². The Bertz CT molecular complexity index is 765. The Hall–Kier alpha value is -2.47. The van der Waals surface area contributed by atoms with Gasteiger partial charge in [-0.3, -0.25) is 4.99 Å². The van der Waals surface area contributed by atoms with Crippen LogP contribution in [0.1, 0.15) is 31.6 Å². The molecule has 158 valence electrons. The van der Waals surface area contributed by atoms with Gasteiger partial charge >= 0.3 is 0 Å². The van der Waals surface area contributed by atoms with Crippen molar-refractivity contribution in [1.82, 2.24) is 10.6 Å². The normalized spacial score (nSPS) is 17.3. The summed E-state index contributed by atoms with van der Waals surface area (Å²) in [5.41, 5.74) is 1.10. The Kier molecular flexibility index (Phi) is 7.58. The number of nitrogens with one attached hydrogen (secondary N) is 2. The molecular weight excluding hydrogens is 366 g/mol. The van der Waals surface area contributed by atoms with Gasteiger partial charge in [0.25, 0.3) is 0 Å². The van der Waals surface area contributed by atoms with Crippen LogP contribution in [0.5, 0.6) is 5.75 Å². The molecular formula is C23H33N3O3. The first-order valence-corrected chi connectivity index (χ1v) is 10.3. The highest BCUT2D eigenvalue weighted by Gasteiger charge is 2.21. The molecule has 2 heterocycles. The third-order valence-corrected chi connectivity index (χ3v) is 5.31. The highest BCUT2D eigenvalue weighted by atomic mass is 16.5. The van der Waals surface area contributed by atoms with Gasteiger partial charge in [-0.25, -0.2) is 0 Å². The molecule has 2 N–H and O–H groups in total. The van der Waals surface area contributed by atoms with Gasteiger partial charge in [-0.05, 0) is 36.2 Å². The second-order valence-corrected chi connectivity index (χ2v) is 8.15. The number of hydrogen-bond donors (Lipinski definition) is 2. The van der Waals surface area contributed by atoms with Crippen LogP contribution in [-0.2, 0) is 16.6 Å². The van der Waals surface area contributed by atoms with Crippen LogP contribution < -0.4 is 15.4 Å². The number of hydrogen-bond acceptors (Lipinski definition) is 4. The summed E-state index contributed by atoms with van der Waals surface area (Å²) in [5.74, 6) is 3.21. The van der Waals surface area contributed by atoms with Crippen LogP contribution in [0.4, 0.5) is 0 Å². The molecule has 3 rings (SSSR count). The lowest BCUT2D eigenvalue weighted by molar-refractivity contribution is 0.186. The van der Waals surface area contributed by atoms with E-state index in [-0.39, 0.29) is 5.41 Å². The van der Waals surface area contributed by atoms with Gasteiger partial charge in [0.1, 0.15) is 11.5 Å².